The van der Waals surface area contributed by atoms with E-state index < -0.39 is 0 Å². The summed E-state index contributed by atoms with van der Waals surface area (Å²) in [6.45, 7) is 0. The van der Waals surface area contributed by atoms with Crippen LogP contribution >= 0.6 is 11.6 Å². The number of hydrogen-bond acceptors (Lipinski definition) is 2. The minimum Gasteiger partial charge on any atom is -0.326 e. The molecule has 1 aliphatic rings. The van der Waals surface area contributed by atoms with Gasteiger partial charge in [0.05, 0.1) is 17.1 Å². The highest BCUT2D eigenvalue weighted by Crippen LogP contribution is 2.25. The molecular weight excluding hydrogens is 276 g/mol. The first-order valence-corrected chi connectivity index (χ1v) is 6.50. The number of halogens is 1. The molecule has 4 nitrogen and oxygen atoms in total. The number of nitrogens with one attached hydrogen (secondary N) is 2. The van der Waals surface area contributed by atoms with Crippen molar-refractivity contribution in [1.29, 1.82) is 0 Å². The molecule has 0 radical (unpaired) electrons. The van der Waals surface area contributed by atoms with Crippen LogP contribution in [0.25, 0.3) is 0 Å². The fraction of sp³-hybridized carbons (Fsp3) is 0.0667. The van der Waals surface area contributed by atoms with Crippen LogP contribution in [-0.4, -0.2) is 11.8 Å². The third-order valence-electron chi connectivity index (χ3n) is 3.12. The van der Waals surface area contributed by atoms with Crippen LogP contribution in [0.4, 0.5) is 11.4 Å². The highest BCUT2D eigenvalue weighted by molar-refractivity contribution is 6.33. The van der Waals surface area contributed by atoms with Gasteiger partial charge < -0.3 is 10.6 Å². The van der Waals surface area contributed by atoms with Crippen LogP contribution in [0.1, 0.15) is 15.9 Å². The van der Waals surface area contributed by atoms with E-state index in [9.17, 15) is 9.59 Å². The van der Waals surface area contributed by atoms with Gasteiger partial charge >= 0.3 is 0 Å². The molecular formula is C15H11ClN2O2. The van der Waals surface area contributed by atoms with Gasteiger partial charge in [-0.1, -0.05) is 29.8 Å². The molecule has 2 aromatic rings. The Labute approximate surface area is 120 Å². The standard InChI is InChI=1S/C15H11ClN2O2/c16-11-3-1-2-4-12(11)18-15(20)10-6-5-9-8-14(19)17-13(9)7-10/h1-7H,8H2,(H,17,19)(H,18,20). The van der Waals surface area contributed by atoms with Gasteiger partial charge in [0.15, 0.2) is 0 Å². The quantitative estimate of drug-likeness (QED) is 0.891. The van der Waals surface area contributed by atoms with Crippen molar-refractivity contribution in [3.05, 3.63) is 58.6 Å². The van der Waals surface area contributed by atoms with E-state index in [0.717, 1.165) is 5.56 Å². The summed E-state index contributed by atoms with van der Waals surface area (Å²) in [6, 6.07) is 12.2. The summed E-state index contributed by atoms with van der Waals surface area (Å²) < 4.78 is 0. The summed E-state index contributed by atoms with van der Waals surface area (Å²) in [5, 5.41) is 5.95. The molecule has 0 spiro atoms. The van der Waals surface area contributed by atoms with Crippen LogP contribution in [0.15, 0.2) is 42.5 Å². The van der Waals surface area contributed by atoms with Crippen LogP contribution in [0.2, 0.25) is 5.02 Å². The van der Waals surface area contributed by atoms with Crippen LogP contribution in [0, 0.1) is 0 Å². The second kappa shape index (κ2) is 4.98. The van der Waals surface area contributed by atoms with Crippen molar-refractivity contribution >= 4 is 34.8 Å². The smallest absolute Gasteiger partial charge is 0.255 e. The van der Waals surface area contributed by atoms with E-state index in [0.29, 0.717) is 28.4 Å². The van der Waals surface area contributed by atoms with Crippen LogP contribution < -0.4 is 10.6 Å². The Balaban J connectivity index is 1.84. The maximum atomic E-state index is 12.2. The van der Waals surface area contributed by atoms with Gasteiger partial charge in [-0.25, -0.2) is 0 Å². The molecule has 0 unspecified atom stereocenters. The zero-order chi connectivity index (χ0) is 14.1. The number of carbonyl (C=O) groups excluding carboxylic acids is 2. The number of hydrogen-bond donors (Lipinski definition) is 2. The lowest BCUT2D eigenvalue weighted by atomic mass is 10.1. The molecule has 2 amide bonds. The maximum Gasteiger partial charge on any atom is 0.255 e. The summed E-state index contributed by atoms with van der Waals surface area (Å²) in [4.78, 5) is 23.5. The highest BCUT2D eigenvalue weighted by atomic mass is 35.5. The van der Waals surface area contributed by atoms with E-state index >= 15 is 0 Å². The number of carbonyl (C=O) groups is 2. The molecule has 100 valence electrons. The molecule has 2 aromatic carbocycles. The largest absolute Gasteiger partial charge is 0.326 e. The van der Waals surface area contributed by atoms with Crippen molar-refractivity contribution in [2.45, 2.75) is 6.42 Å². The van der Waals surface area contributed by atoms with Crippen molar-refractivity contribution in [2.24, 2.45) is 0 Å². The normalized spacial score (nSPS) is 12.8. The molecule has 0 fully saturated rings. The van der Waals surface area contributed by atoms with Crippen molar-refractivity contribution in [2.75, 3.05) is 10.6 Å². The fourth-order valence-electron chi connectivity index (χ4n) is 2.11. The molecule has 0 bridgehead atoms. The number of para-hydroxylation sites is 1. The van der Waals surface area contributed by atoms with Crippen LogP contribution in [0.3, 0.4) is 0 Å². The number of benzene rings is 2. The molecule has 0 aliphatic carbocycles. The predicted molar refractivity (Wildman–Crippen MR) is 78.2 cm³/mol. The molecule has 20 heavy (non-hydrogen) atoms. The molecule has 0 aromatic heterocycles. The molecule has 0 atom stereocenters. The maximum absolute atomic E-state index is 12.2. The van der Waals surface area contributed by atoms with Gasteiger partial charge in [0.2, 0.25) is 5.91 Å². The summed E-state index contributed by atoms with van der Waals surface area (Å²) in [5.74, 6) is -0.314. The Bertz CT molecular complexity index is 713. The lowest BCUT2D eigenvalue weighted by Crippen LogP contribution is -2.12. The second-order valence-corrected chi connectivity index (χ2v) is 4.94. The van der Waals surface area contributed by atoms with E-state index in [-0.39, 0.29) is 11.8 Å². The third kappa shape index (κ3) is 2.38. The first-order chi connectivity index (χ1) is 9.63. The number of fused-ring (bicyclic) bond motifs is 1. The Morgan fingerprint density at radius 3 is 2.80 bits per heavy atom. The Kier molecular flexibility index (Phi) is 3.16. The molecule has 0 saturated carbocycles. The second-order valence-electron chi connectivity index (χ2n) is 4.53. The third-order valence-corrected chi connectivity index (χ3v) is 3.45. The minimum absolute atomic E-state index is 0.0522. The molecule has 1 aliphatic heterocycles. The van der Waals surface area contributed by atoms with E-state index in [1.807, 2.05) is 0 Å². The fourth-order valence-corrected chi connectivity index (χ4v) is 2.30. The molecule has 5 heteroatoms. The van der Waals surface area contributed by atoms with Gasteiger partial charge in [0.25, 0.3) is 5.91 Å². The lowest BCUT2D eigenvalue weighted by Gasteiger charge is -2.08. The number of anilines is 2. The summed E-state index contributed by atoms with van der Waals surface area (Å²) >= 11 is 6.00. The van der Waals surface area contributed by atoms with Gasteiger partial charge in [0.1, 0.15) is 0 Å². The Morgan fingerprint density at radius 2 is 2.00 bits per heavy atom. The average molecular weight is 287 g/mol. The van der Waals surface area contributed by atoms with Crippen molar-refractivity contribution in [1.82, 2.24) is 0 Å². The highest BCUT2D eigenvalue weighted by Gasteiger charge is 2.19. The Morgan fingerprint density at radius 1 is 1.20 bits per heavy atom. The van der Waals surface area contributed by atoms with E-state index in [4.69, 9.17) is 11.6 Å². The minimum atomic E-state index is -0.262. The van der Waals surface area contributed by atoms with Gasteiger partial charge in [-0.2, -0.15) is 0 Å². The zero-order valence-corrected chi connectivity index (χ0v) is 11.2. The first kappa shape index (κ1) is 12.7. The first-order valence-electron chi connectivity index (χ1n) is 6.12. The molecule has 3 rings (SSSR count). The van der Waals surface area contributed by atoms with Crippen molar-refractivity contribution in [3.8, 4) is 0 Å². The molecule has 0 saturated heterocycles. The van der Waals surface area contributed by atoms with Gasteiger partial charge in [-0.3, -0.25) is 9.59 Å². The van der Waals surface area contributed by atoms with Gasteiger partial charge in [-0.05, 0) is 29.8 Å². The topological polar surface area (TPSA) is 58.2 Å². The van der Waals surface area contributed by atoms with Crippen LogP contribution in [-0.2, 0) is 11.2 Å². The number of rotatable bonds is 2. The SMILES string of the molecule is O=C1Cc2ccc(C(=O)Nc3ccccc3Cl)cc2N1. The van der Waals surface area contributed by atoms with E-state index in [1.54, 1.807) is 42.5 Å². The predicted octanol–water partition coefficient (Wildman–Crippen LogP) is 3.09. The van der Waals surface area contributed by atoms with Gasteiger partial charge in [-0.15, -0.1) is 0 Å². The Hall–Kier alpha value is -2.33. The monoisotopic (exact) mass is 286 g/mol. The van der Waals surface area contributed by atoms with Crippen LogP contribution in [0.5, 0.6) is 0 Å². The molecule has 1 heterocycles. The van der Waals surface area contributed by atoms with Crippen molar-refractivity contribution < 1.29 is 9.59 Å². The van der Waals surface area contributed by atoms with E-state index in [1.165, 1.54) is 0 Å². The summed E-state index contributed by atoms with van der Waals surface area (Å²) in [7, 11) is 0. The van der Waals surface area contributed by atoms with E-state index in [2.05, 4.69) is 10.6 Å². The van der Waals surface area contributed by atoms with Gasteiger partial charge in [0, 0.05) is 11.3 Å². The van der Waals surface area contributed by atoms with Crippen molar-refractivity contribution in [3.63, 3.8) is 0 Å². The summed E-state index contributed by atoms with van der Waals surface area (Å²) in [6.07, 6.45) is 0.363. The average Bonchev–Trinajstić information content (AvgIpc) is 2.80. The zero-order valence-electron chi connectivity index (χ0n) is 10.4. The molecule has 2 N–H and O–H groups in total. The summed E-state index contributed by atoms with van der Waals surface area (Å²) in [5.41, 5.74) is 2.64. The lowest BCUT2D eigenvalue weighted by molar-refractivity contribution is -0.115. The number of amides is 2.